The summed E-state index contributed by atoms with van der Waals surface area (Å²) in [6.45, 7) is 0.437. The Balaban J connectivity index is 3.08. The van der Waals surface area contributed by atoms with E-state index in [1.54, 1.807) is 11.8 Å². The highest BCUT2D eigenvalue weighted by atomic mass is 79.9. The highest BCUT2D eigenvalue weighted by Gasteiger charge is 2.24. The van der Waals surface area contributed by atoms with Gasteiger partial charge < -0.3 is 0 Å². The Morgan fingerprint density at radius 3 is 2.82 bits per heavy atom. The minimum absolute atomic E-state index is 0.01000. The largest absolute Gasteiger partial charge is 0.245 e. The molecule has 0 aliphatic heterocycles. The molecule has 0 amide bonds. The Kier molecular flexibility index (Phi) is 5.72. The van der Waals surface area contributed by atoms with E-state index in [0.717, 1.165) is 5.75 Å². The maximum Gasteiger partial charge on any atom is 0.245 e. The first-order valence-electron chi connectivity index (χ1n) is 4.66. The van der Waals surface area contributed by atoms with Crippen LogP contribution in [0.2, 0.25) is 5.15 Å². The quantitative estimate of drug-likeness (QED) is 0.758. The normalized spacial score (nSPS) is 12.1. The van der Waals surface area contributed by atoms with Crippen LogP contribution in [0.5, 0.6) is 0 Å². The van der Waals surface area contributed by atoms with E-state index in [2.05, 4.69) is 20.9 Å². The molecule has 1 aromatic heterocycles. The molecular weight excluding hydrogens is 348 g/mol. The van der Waals surface area contributed by atoms with Crippen molar-refractivity contribution < 1.29 is 8.42 Å². The first-order valence-corrected chi connectivity index (χ1v) is 8.66. The van der Waals surface area contributed by atoms with Crippen LogP contribution in [0, 0.1) is 0 Å². The van der Waals surface area contributed by atoms with E-state index in [1.807, 2.05) is 6.26 Å². The van der Waals surface area contributed by atoms with Crippen molar-refractivity contribution in [2.24, 2.45) is 0 Å². The topological polar surface area (TPSA) is 50.3 Å². The Bertz CT molecular complexity index is 496. The predicted octanol–water partition coefficient (Wildman–Crippen LogP) is 2.48. The van der Waals surface area contributed by atoms with E-state index in [4.69, 9.17) is 11.6 Å². The van der Waals surface area contributed by atoms with Crippen LogP contribution in [-0.4, -0.2) is 43.3 Å². The fourth-order valence-corrected chi connectivity index (χ4v) is 3.75. The number of pyridine rings is 1. The Morgan fingerprint density at radius 1 is 1.59 bits per heavy atom. The summed E-state index contributed by atoms with van der Waals surface area (Å²) in [4.78, 5) is 3.84. The molecule has 17 heavy (non-hydrogen) atoms. The van der Waals surface area contributed by atoms with Crippen LogP contribution in [0.3, 0.4) is 0 Å². The number of nitrogens with zero attached hydrogens (tertiary/aromatic N) is 2. The molecule has 0 bridgehead atoms. The van der Waals surface area contributed by atoms with Gasteiger partial charge in [-0.25, -0.2) is 17.7 Å². The first kappa shape index (κ1) is 15.2. The summed E-state index contributed by atoms with van der Waals surface area (Å²) in [5.41, 5.74) is 0. The molecule has 0 spiro atoms. The van der Waals surface area contributed by atoms with Crippen molar-refractivity contribution in [3.8, 4) is 0 Å². The molecular formula is C9H12BrClN2O2S2. The Labute approximate surface area is 119 Å². The fraction of sp³-hybridized carbons (Fsp3) is 0.444. The van der Waals surface area contributed by atoms with Gasteiger partial charge in [0.2, 0.25) is 10.0 Å². The first-order chi connectivity index (χ1) is 7.89. The van der Waals surface area contributed by atoms with Gasteiger partial charge in [0, 0.05) is 30.0 Å². The summed E-state index contributed by atoms with van der Waals surface area (Å²) in [5, 5.41) is -0.01000. The molecule has 1 aromatic rings. The van der Waals surface area contributed by atoms with Crippen LogP contribution in [-0.2, 0) is 10.0 Å². The zero-order chi connectivity index (χ0) is 13.1. The van der Waals surface area contributed by atoms with E-state index in [0.29, 0.717) is 11.0 Å². The van der Waals surface area contributed by atoms with Gasteiger partial charge in [-0.3, -0.25) is 0 Å². The maximum absolute atomic E-state index is 12.2. The van der Waals surface area contributed by atoms with Crippen molar-refractivity contribution >= 4 is 49.3 Å². The average Bonchev–Trinajstić information content (AvgIpc) is 2.28. The number of thioether (sulfide) groups is 1. The van der Waals surface area contributed by atoms with Crippen molar-refractivity contribution in [1.82, 2.24) is 9.29 Å². The van der Waals surface area contributed by atoms with Crippen LogP contribution < -0.4 is 0 Å². The molecule has 0 aliphatic carbocycles. The minimum atomic E-state index is -3.57. The van der Waals surface area contributed by atoms with E-state index >= 15 is 0 Å². The second kappa shape index (κ2) is 6.38. The molecule has 0 fully saturated rings. The van der Waals surface area contributed by atoms with Crippen LogP contribution in [0.1, 0.15) is 0 Å². The monoisotopic (exact) mass is 358 g/mol. The molecule has 1 rings (SSSR count). The zero-order valence-corrected chi connectivity index (χ0v) is 13.3. The van der Waals surface area contributed by atoms with Crippen LogP contribution in [0.4, 0.5) is 0 Å². The summed E-state index contributed by atoms with van der Waals surface area (Å²) in [5.74, 6) is 0.731. The molecule has 0 N–H and O–H groups in total. The summed E-state index contributed by atoms with van der Waals surface area (Å²) in [6.07, 6.45) is 3.39. The SMILES string of the molecule is CSCCN(C)S(=O)(=O)c1cc(Br)cnc1Cl. The van der Waals surface area contributed by atoms with Gasteiger partial charge in [-0.05, 0) is 28.3 Å². The smallest absolute Gasteiger partial charge is 0.242 e. The third-order valence-corrected chi connectivity index (χ3v) is 5.38. The standard InChI is InChI=1S/C9H12BrClN2O2S2/c1-13(3-4-16-2)17(14,15)8-5-7(10)6-12-9(8)11/h5-6H,3-4H2,1-2H3. The predicted molar refractivity (Wildman–Crippen MR) is 75.1 cm³/mol. The lowest BCUT2D eigenvalue weighted by molar-refractivity contribution is 0.488. The third kappa shape index (κ3) is 3.82. The van der Waals surface area contributed by atoms with Crippen molar-refractivity contribution in [3.05, 3.63) is 21.9 Å². The molecule has 0 saturated heterocycles. The molecule has 4 nitrogen and oxygen atoms in total. The van der Waals surface area contributed by atoms with E-state index < -0.39 is 10.0 Å². The van der Waals surface area contributed by atoms with Crippen molar-refractivity contribution in [1.29, 1.82) is 0 Å². The van der Waals surface area contributed by atoms with Gasteiger partial charge in [-0.2, -0.15) is 11.8 Å². The Morgan fingerprint density at radius 2 is 2.24 bits per heavy atom. The maximum atomic E-state index is 12.2. The second-order valence-electron chi connectivity index (χ2n) is 3.26. The van der Waals surface area contributed by atoms with Gasteiger partial charge in [-0.15, -0.1) is 0 Å². The molecule has 96 valence electrons. The molecule has 0 unspecified atom stereocenters. The summed E-state index contributed by atoms with van der Waals surface area (Å²) < 4.78 is 26.2. The molecule has 0 saturated carbocycles. The molecule has 0 radical (unpaired) electrons. The zero-order valence-electron chi connectivity index (χ0n) is 9.35. The fourth-order valence-electron chi connectivity index (χ4n) is 1.09. The summed E-state index contributed by atoms with van der Waals surface area (Å²) >= 11 is 10.6. The van der Waals surface area contributed by atoms with Gasteiger partial charge in [0.25, 0.3) is 0 Å². The van der Waals surface area contributed by atoms with Crippen molar-refractivity contribution in [2.75, 3.05) is 25.6 Å². The highest BCUT2D eigenvalue weighted by molar-refractivity contribution is 9.10. The highest BCUT2D eigenvalue weighted by Crippen LogP contribution is 2.25. The van der Waals surface area contributed by atoms with E-state index in [9.17, 15) is 8.42 Å². The number of rotatable bonds is 5. The lowest BCUT2D eigenvalue weighted by atomic mass is 10.5. The van der Waals surface area contributed by atoms with E-state index in [1.165, 1.54) is 23.6 Å². The van der Waals surface area contributed by atoms with Gasteiger partial charge in [0.1, 0.15) is 10.0 Å². The number of hydrogen-bond donors (Lipinski definition) is 0. The van der Waals surface area contributed by atoms with E-state index in [-0.39, 0.29) is 10.0 Å². The Hall–Kier alpha value is 0.180. The number of halogens is 2. The third-order valence-electron chi connectivity index (χ3n) is 2.07. The number of sulfonamides is 1. The van der Waals surface area contributed by atoms with Gasteiger partial charge in [-0.1, -0.05) is 11.6 Å². The molecule has 1 heterocycles. The van der Waals surface area contributed by atoms with Crippen LogP contribution in [0.15, 0.2) is 21.6 Å². The molecule has 0 aromatic carbocycles. The second-order valence-corrected chi connectivity index (χ2v) is 7.53. The lowest BCUT2D eigenvalue weighted by Crippen LogP contribution is -2.29. The van der Waals surface area contributed by atoms with Gasteiger partial charge in [0.15, 0.2) is 0 Å². The lowest BCUT2D eigenvalue weighted by Gasteiger charge is -2.17. The van der Waals surface area contributed by atoms with Gasteiger partial charge >= 0.3 is 0 Å². The molecule has 8 heteroatoms. The van der Waals surface area contributed by atoms with Gasteiger partial charge in [0.05, 0.1) is 0 Å². The van der Waals surface area contributed by atoms with Crippen molar-refractivity contribution in [2.45, 2.75) is 4.90 Å². The summed E-state index contributed by atoms with van der Waals surface area (Å²) in [7, 11) is -2.04. The van der Waals surface area contributed by atoms with Crippen LogP contribution in [0.25, 0.3) is 0 Å². The summed E-state index contributed by atoms with van der Waals surface area (Å²) in [6, 6.07) is 1.46. The molecule has 0 aliphatic rings. The van der Waals surface area contributed by atoms with Crippen molar-refractivity contribution in [3.63, 3.8) is 0 Å². The molecule has 0 atom stereocenters. The number of aromatic nitrogens is 1. The number of hydrogen-bond acceptors (Lipinski definition) is 4. The minimum Gasteiger partial charge on any atom is -0.242 e. The average molecular weight is 360 g/mol. The van der Waals surface area contributed by atoms with Crippen LogP contribution >= 0.6 is 39.3 Å².